The quantitative estimate of drug-likeness (QED) is 0.253. The Bertz CT molecular complexity index is 2100. The smallest absolute Gasteiger partial charge is 0.247 e. The summed E-state index contributed by atoms with van der Waals surface area (Å²) < 4.78 is 69.3. The molecule has 46 heavy (non-hydrogen) atoms. The molecule has 6 rings (SSSR count). The SMILES string of the molecule is COc1cccc(CC2SC3=C(S(=O)(=O)c4ccccc4)C(c4cccc(OC)c4)C(S(=O)(=O)c4ccccc4)=C(N)N3C2=O)c1. The highest BCUT2D eigenvalue weighted by molar-refractivity contribution is 8.06. The first-order valence-electron chi connectivity index (χ1n) is 14.2. The summed E-state index contributed by atoms with van der Waals surface area (Å²) in [4.78, 5) is 14.5. The normalized spacial score (nSPS) is 18.5. The van der Waals surface area contributed by atoms with Gasteiger partial charge < -0.3 is 15.2 Å². The molecular formula is C34H30N2O7S3. The molecule has 2 aliphatic heterocycles. The fourth-order valence-corrected chi connectivity index (χ4v) is 10.8. The van der Waals surface area contributed by atoms with Crippen molar-refractivity contribution in [3.63, 3.8) is 0 Å². The number of hydrogen-bond donors (Lipinski definition) is 1. The van der Waals surface area contributed by atoms with Gasteiger partial charge in [0.1, 0.15) is 27.3 Å². The molecule has 2 unspecified atom stereocenters. The number of rotatable bonds is 9. The number of nitrogens with two attached hydrogens (primary N) is 1. The van der Waals surface area contributed by atoms with Crippen LogP contribution in [0, 0.1) is 0 Å². The highest BCUT2D eigenvalue weighted by Gasteiger charge is 2.52. The number of fused-ring (bicyclic) bond motifs is 1. The number of amides is 1. The summed E-state index contributed by atoms with van der Waals surface area (Å²) in [5, 5.41) is -0.731. The first kappa shape index (κ1) is 31.5. The van der Waals surface area contributed by atoms with E-state index in [4.69, 9.17) is 15.2 Å². The first-order valence-corrected chi connectivity index (χ1v) is 18.0. The van der Waals surface area contributed by atoms with Gasteiger partial charge in [0.25, 0.3) is 0 Å². The molecule has 0 aromatic heterocycles. The Morgan fingerprint density at radius 3 is 1.85 bits per heavy atom. The van der Waals surface area contributed by atoms with Gasteiger partial charge in [-0.25, -0.2) is 16.8 Å². The molecule has 9 nitrogen and oxygen atoms in total. The fraction of sp³-hybridized carbons (Fsp3) is 0.147. The third-order valence-electron chi connectivity index (χ3n) is 7.85. The van der Waals surface area contributed by atoms with Gasteiger partial charge in [0.2, 0.25) is 25.6 Å². The molecule has 0 saturated carbocycles. The summed E-state index contributed by atoms with van der Waals surface area (Å²) >= 11 is 1.06. The number of nitrogens with zero attached hydrogens (tertiary/aromatic N) is 1. The Balaban J connectivity index is 1.65. The number of ether oxygens (including phenoxy) is 2. The van der Waals surface area contributed by atoms with Crippen LogP contribution in [0.4, 0.5) is 0 Å². The van der Waals surface area contributed by atoms with Crippen molar-refractivity contribution in [1.82, 2.24) is 4.90 Å². The lowest BCUT2D eigenvalue weighted by molar-refractivity contribution is -0.126. The van der Waals surface area contributed by atoms with Gasteiger partial charge in [0.15, 0.2) is 0 Å². The molecule has 0 bridgehead atoms. The minimum Gasteiger partial charge on any atom is -0.497 e. The van der Waals surface area contributed by atoms with E-state index in [1.807, 2.05) is 6.07 Å². The van der Waals surface area contributed by atoms with Crippen LogP contribution in [0.3, 0.4) is 0 Å². The molecule has 0 radical (unpaired) electrons. The highest BCUT2D eigenvalue weighted by atomic mass is 32.2. The van der Waals surface area contributed by atoms with Crippen LogP contribution in [-0.2, 0) is 30.9 Å². The molecule has 1 fully saturated rings. The number of sulfone groups is 2. The summed E-state index contributed by atoms with van der Waals surface area (Å²) in [5.74, 6) is -1.27. The number of methoxy groups -OCH3 is 2. The molecule has 0 spiro atoms. The van der Waals surface area contributed by atoms with Crippen molar-refractivity contribution in [3.8, 4) is 11.5 Å². The van der Waals surface area contributed by atoms with Gasteiger partial charge in [-0.1, -0.05) is 72.4 Å². The van der Waals surface area contributed by atoms with Crippen LogP contribution in [0.25, 0.3) is 0 Å². The molecule has 236 valence electrons. The fourth-order valence-electron chi connectivity index (χ4n) is 5.66. The maximum atomic E-state index is 14.7. The number of allylic oxidation sites excluding steroid dienone is 2. The van der Waals surface area contributed by atoms with Crippen molar-refractivity contribution in [1.29, 1.82) is 0 Å². The molecule has 2 aliphatic rings. The van der Waals surface area contributed by atoms with E-state index in [0.717, 1.165) is 22.2 Å². The standard InChI is InChI=1S/C34H30N2O7S3/c1-42-24-13-9-11-22(19-24)20-28-33(37)36-32(35)30(45(38,39)26-15-5-3-6-16-26)29(23-12-10-14-25(21-23)43-2)31(34(36)44-28)46(40,41)27-17-7-4-8-18-27/h3-19,21,28-29H,20,35H2,1-2H3. The summed E-state index contributed by atoms with van der Waals surface area (Å²) in [7, 11) is -5.87. The van der Waals surface area contributed by atoms with Gasteiger partial charge in [0, 0.05) is 0 Å². The van der Waals surface area contributed by atoms with Crippen molar-refractivity contribution >= 4 is 37.3 Å². The number of thioether (sulfide) groups is 1. The Morgan fingerprint density at radius 1 is 0.717 bits per heavy atom. The first-order chi connectivity index (χ1) is 22.1. The molecule has 12 heteroatoms. The summed E-state index contributed by atoms with van der Waals surface area (Å²) in [6, 6.07) is 29.1. The van der Waals surface area contributed by atoms with E-state index in [9.17, 15) is 21.6 Å². The van der Waals surface area contributed by atoms with E-state index >= 15 is 0 Å². The van der Waals surface area contributed by atoms with Crippen LogP contribution in [0.5, 0.6) is 11.5 Å². The number of carbonyl (C=O) groups excluding carboxylic acids is 1. The van der Waals surface area contributed by atoms with Gasteiger partial charge in [0.05, 0.1) is 40.1 Å². The van der Waals surface area contributed by atoms with Gasteiger partial charge in [-0.2, -0.15) is 0 Å². The van der Waals surface area contributed by atoms with Crippen molar-refractivity contribution in [2.24, 2.45) is 5.73 Å². The lowest BCUT2D eigenvalue weighted by Crippen LogP contribution is -2.40. The zero-order chi connectivity index (χ0) is 32.6. The number of benzene rings is 4. The van der Waals surface area contributed by atoms with E-state index in [0.29, 0.717) is 17.1 Å². The molecule has 2 atom stereocenters. The predicted octanol–water partition coefficient (Wildman–Crippen LogP) is 5.23. The van der Waals surface area contributed by atoms with E-state index in [1.54, 1.807) is 86.0 Å². The Labute approximate surface area is 272 Å². The zero-order valence-electron chi connectivity index (χ0n) is 24.9. The van der Waals surface area contributed by atoms with Crippen LogP contribution >= 0.6 is 11.8 Å². The molecule has 1 amide bonds. The summed E-state index contributed by atoms with van der Waals surface area (Å²) in [6.07, 6.45) is 0.219. The second kappa shape index (κ2) is 12.3. The second-order valence-electron chi connectivity index (χ2n) is 10.6. The Hall–Kier alpha value is -4.52. The van der Waals surface area contributed by atoms with E-state index in [-0.39, 0.29) is 32.0 Å². The lowest BCUT2D eigenvalue weighted by Gasteiger charge is -2.34. The van der Waals surface area contributed by atoms with Gasteiger partial charge in [-0.05, 0) is 66.1 Å². The zero-order valence-corrected chi connectivity index (χ0v) is 27.3. The minimum atomic E-state index is -4.46. The maximum Gasteiger partial charge on any atom is 0.247 e. The summed E-state index contributed by atoms with van der Waals surface area (Å²) in [6.45, 7) is 0. The van der Waals surface area contributed by atoms with E-state index < -0.39 is 41.7 Å². The molecule has 4 aromatic carbocycles. The molecule has 0 aliphatic carbocycles. The van der Waals surface area contributed by atoms with E-state index in [2.05, 4.69) is 0 Å². The van der Waals surface area contributed by atoms with Crippen LogP contribution in [-0.4, -0.2) is 47.1 Å². The van der Waals surface area contributed by atoms with Gasteiger partial charge >= 0.3 is 0 Å². The molecule has 1 saturated heterocycles. The third-order valence-corrected chi connectivity index (χ3v) is 13.1. The van der Waals surface area contributed by atoms with Crippen LogP contribution in [0.2, 0.25) is 0 Å². The number of hydrogen-bond acceptors (Lipinski definition) is 9. The van der Waals surface area contributed by atoms with E-state index in [1.165, 1.54) is 31.4 Å². The van der Waals surface area contributed by atoms with Crippen LogP contribution in [0.15, 0.2) is 140 Å². The molecule has 2 heterocycles. The van der Waals surface area contributed by atoms with Crippen molar-refractivity contribution < 1.29 is 31.1 Å². The number of carbonyl (C=O) groups is 1. The molecule has 4 aromatic rings. The minimum absolute atomic E-state index is 0.0495. The third kappa shape index (κ3) is 5.46. The average Bonchev–Trinajstić information content (AvgIpc) is 3.40. The highest BCUT2D eigenvalue weighted by Crippen LogP contribution is 2.54. The molecule has 2 N–H and O–H groups in total. The largest absolute Gasteiger partial charge is 0.497 e. The second-order valence-corrected chi connectivity index (χ2v) is 15.6. The average molecular weight is 675 g/mol. The Kier molecular flexibility index (Phi) is 8.45. The van der Waals surface area contributed by atoms with Crippen LogP contribution < -0.4 is 15.2 Å². The van der Waals surface area contributed by atoms with Crippen molar-refractivity contribution in [3.05, 3.63) is 141 Å². The monoisotopic (exact) mass is 674 g/mol. The topological polar surface area (TPSA) is 133 Å². The maximum absolute atomic E-state index is 14.7. The van der Waals surface area contributed by atoms with Crippen molar-refractivity contribution in [2.75, 3.05) is 14.2 Å². The van der Waals surface area contributed by atoms with Gasteiger partial charge in [-0.3, -0.25) is 9.69 Å². The van der Waals surface area contributed by atoms with Crippen molar-refractivity contribution in [2.45, 2.75) is 27.4 Å². The van der Waals surface area contributed by atoms with Crippen LogP contribution in [0.1, 0.15) is 17.0 Å². The van der Waals surface area contributed by atoms with Gasteiger partial charge in [-0.15, -0.1) is 0 Å². The lowest BCUT2D eigenvalue weighted by atomic mass is 9.95. The molecular weight excluding hydrogens is 645 g/mol. The Morgan fingerprint density at radius 2 is 1.26 bits per heavy atom. The predicted molar refractivity (Wildman–Crippen MR) is 176 cm³/mol. The summed E-state index contributed by atoms with van der Waals surface area (Å²) in [5.41, 5.74) is 7.84.